The van der Waals surface area contributed by atoms with Crippen molar-refractivity contribution in [3.63, 3.8) is 0 Å². The van der Waals surface area contributed by atoms with Crippen LogP contribution < -0.4 is 0 Å². The molecule has 88 valence electrons. The molecule has 0 aromatic carbocycles. The van der Waals surface area contributed by atoms with Crippen molar-refractivity contribution in [1.29, 1.82) is 0 Å². The normalized spacial score (nSPS) is 21.4. The molecule has 0 spiro atoms. The maximum absolute atomic E-state index is 10.7. The van der Waals surface area contributed by atoms with E-state index in [1.165, 1.54) is 4.88 Å². The zero-order valence-electron chi connectivity index (χ0n) is 8.86. The summed E-state index contributed by atoms with van der Waals surface area (Å²) in [7, 11) is 0. The Kier molecular flexibility index (Phi) is 3.84. The smallest absolute Gasteiger partial charge is 0.304 e. The van der Waals surface area contributed by atoms with Gasteiger partial charge in [0.05, 0.1) is 11.4 Å². The highest BCUT2D eigenvalue weighted by atomic mass is 35.5. The van der Waals surface area contributed by atoms with Crippen LogP contribution in [0.1, 0.15) is 24.1 Å². The largest absolute Gasteiger partial charge is 0.481 e. The second-order valence-corrected chi connectivity index (χ2v) is 5.53. The lowest BCUT2D eigenvalue weighted by atomic mass is 10.1. The quantitative estimate of drug-likeness (QED) is 0.904. The fourth-order valence-corrected chi connectivity index (χ4v) is 3.27. The molecule has 1 fully saturated rings. The van der Waals surface area contributed by atoms with E-state index in [0.29, 0.717) is 0 Å². The SMILES string of the molecule is O=C(O)CC1CCCN1Cc1cc(Cl)cs1. The number of thiophene rings is 1. The van der Waals surface area contributed by atoms with Gasteiger partial charge in [-0.05, 0) is 25.5 Å². The van der Waals surface area contributed by atoms with Gasteiger partial charge in [-0.15, -0.1) is 11.3 Å². The molecule has 1 aliphatic heterocycles. The molecule has 1 aromatic heterocycles. The molecule has 16 heavy (non-hydrogen) atoms. The molecular formula is C11H14ClNO2S. The first-order valence-corrected chi connectivity index (χ1v) is 6.59. The maximum Gasteiger partial charge on any atom is 0.304 e. The van der Waals surface area contributed by atoms with Crippen molar-refractivity contribution in [3.8, 4) is 0 Å². The van der Waals surface area contributed by atoms with E-state index in [2.05, 4.69) is 4.90 Å². The predicted molar refractivity (Wildman–Crippen MR) is 65.0 cm³/mol. The zero-order chi connectivity index (χ0) is 11.5. The summed E-state index contributed by atoms with van der Waals surface area (Å²) in [6.45, 7) is 1.82. The fourth-order valence-electron chi connectivity index (χ4n) is 2.17. The van der Waals surface area contributed by atoms with Crippen molar-refractivity contribution in [2.75, 3.05) is 6.54 Å². The first-order valence-electron chi connectivity index (χ1n) is 5.34. The molecule has 0 radical (unpaired) electrons. The standard InChI is InChI=1S/C11H14ClNO2S/c12-8-4-10(16-7-8)6-13-3-1-2-9(13)5-11(14)15/h4,7,9H,1-3,5-6H2,(H,14,15). The zero-order valence-corrected chi connectivity index (χ0v) is 10.4. The molecule has 0 amide bonds. The Bertz CT molecular complexity index is 380. The summed E-state index contributed by atoms with van der Waals surface area (Å²) >= 11 is 7.50. The molecule has 3 nitrogen and oxygen atoms in total. The number of halogens is 1. The molecule has 1 aliphatic rings. The highest BCUT2D eigenvalue weighted by Gasteiger charge is 2.26. The third kappa shape index (κ3) is 2.97. The number of nitrogens with zero attached hydrogens (tertiary/aromatic N) is 1. The lowest BCUT2D eigenvalue weighted by molar-refractivity contribution is -0.138. The van der Waals surface area contributed by atoms with Gasteiger partial charge in [0.25, 0.3) is 0 Å². The van der Waals surface area contributed by atoms with Gasteiger partial charge in [0.1, 0.15) is 0 Å². The molecule has 2 rings (SSSR count). The second kappa shape index (κ2) is 5.17. The van der Waals surface area contributed by atoms with Crippen LogP contribution >= 0.6 is 22.9 Å². The van der Waals surface area contributed by atoms with Crippen LogP contribution in [0.3, 0.4) is 0 Å². The Morgan fingerprint density at radius 1 is 1.69 bits per heavy atom. The van der Waals surface area contributed by atoms with E-state index in [-0.39, 0.29) is 12.5 Å². The highest BCUT2D eigenvalue weighted by molar-refractivity contribution is 7.10. The third-order valence-corrected chi connectivity index (χ3v) is 4.16. The number of carboxylic acid groups (broad SMARTS) is 1. The average Bonchev–Trinajstić information content (AvgIpc) is 2.77. The number of carboxylic acids is 1. The molecule has 1 N–H and O–H groups in total. The van der Waals surface area contributed by atoms with E-state index in [4.69, 9.17) is 16.7 Å². The van der Waals surface area contributed by atoms with Gasteiger partial charge in [0, 0.05) is 22.8 Å². The predicted octanol–water partition coefficient (Wildman–Crippen LogP) is 2.84. The van der Waals surface area contributed by atoms with Gasteiger partial charge in [-0.3, -0.25) is 9.69 Å². The minimum Gasteiger partial charge on any atom is -0.481 e. The summed E-state index contributed by atoms with van der Waals surface area (Å²) in [5, 5.41) is 11.5. The van der Waals surface area contributed by atoms with Crippen molar-refractivity contribution in [3.05, 3.63) is 21.3 Å². The molecule has 0 aliphatic carbocycles. The Balaban J connectivity index is 1.95. The molecule has 0 saturated carbocycles. The van der Waals surface area contributed by atoms with E-state index < -0.39 is 5.97 Å². The van der Waals surface area contributed by atoms with Crippen LogP contribution in [0.4, 0.5) is 0 Å². The molecular weight excluding hydrogens is 246 g/mol. The summed E-state index contributed by atoms with van der Waals surface area (Å²) in [5.74, 6) is -0.707. The number of hydrogen-bond acceptors (Lipinski definition) is 3. The number of aliphatic carboxylic acids is 1. The van der Waals surface area contributed by atoms with Crippen LogP contribution in [0.25, 0.3) is 0 Å². The van der Waals surface area contributed by atoms with E-state index >= 15 is 0 Å². The Labute approximate surface area is 104 Å². The topological polar surface area (TPSA) is 40.5 Å². The van der Waals surface area contributed by atoms with Crippen LogP contribution in [0.15, 0.2) is 11.4 Å². The molecule has 2 heterocycles. The van der Waals surface area contributed by atoms with Gasteiger partial charge in [-0.25, -0.2) is 0 Å². The monoisotopic (exact) mass is 259 g/mol. The number of likely N-dealkylation sites (tertiary alicyclic amines) is 1. The van der Waals surface area contributed by atoms with Crippen LogP contribution in [0, 0.1) is 0 Å². The Morgan fingerprint density at radius 3 is 3.12 bits per heavy atom. The first-order chi connectivity index (χ1) is 7.65. The second-order valence-electron chi connectivity index (χ2n) is 4.10. The molecule has 5 heteroatoms. The molecule has 1 saturated heterocycles. The maximum atomic E-state index is 10.7. The number of hydrogen-bond donors (Lipinski definition) is 1. The minimum atomic E-state index is -0.707. The Morgan fingerprint density at radius 2 is 2.50 bits per heavy atom. The molecule has 1 aromatic rings. The minimum absolute atomic E-state index is 0.193. The number of carbonyl (C=O) groups is 1. The lowest BCUT2D eigenvalue weighted by Gasteiger charge is -2.22. The fraction of sp³-hybridized carbons (Fsp3) is 0.545. The molecule has 1 unspecified atom stereocenters. The molecule has 1 atom stereocenters. The van der Waals surface area contributed by atoms with Crippen molar-refractivity contribution in [2.45, 2.75) is 31.8 Å². The number of rotatable bonds is 4. The summed E-state index contributed by atoms with van der Waals surface area (Å²) in [4.78, 5) is 14.2. The van der Waals surface area contributed by atoms with E-state index in [1.54, 1.807) is 11.3 Å². The summed E-state index contributed by atoms with van der Waals surface area (Å²) in [6, 6.07) is 2.15. The van der Waals surface area contributed by atoms with Crippen LogP contribution in [0.5, 0.6) is 0 Å². The molecule has 0 bridgehead atoms. The lowest BCUT2D eigenvalue weighted by Crippen LogP contribution is -2.30. The van der Waals surface area contributed by atoms with Crippen molar-refractivity contribution in [1.82, 2.24) is 4.90 Å². The summed E-state index contributed by atoms with van der Waals surface area (Å²) < 4.78 is 0. The van der Waals surface area contributed by atoms with Gasteiger partial charge in [-0.1, -0.05) is 11.6 Å². The first kappa shape index (κ1) is 11.9. The average molecular weight is 260 g/mol. The van der Waals surface area contributed by atoms with E-state index in [1.807, 2.05) is 11.4 Å². The van der Waals surface area contributed by atoms with Gasteiger partial charge in [0.15, 0.2) is 0 Å². The Hall–Kier alpha value is -0.580. The van der Waals surface area contributed by atoms with Crippen LogP contribution in [-0.2, 0) is 11.3 Å². The van der Waals surface area contributed by atoms with E-state index in [9.17, 15) is 4.79 Å². The van der Waals surface area contributed by atoms with Gasteiger partial charge in [-0.2, -0.15) is 0 Å². The van der Waals surface area contributed by atoms with Crippen LogP contribution in [-0.4, -0.2) is 28.6 Å². The summed E-state index contributed by atoms with van der Waals surface area (Å²) in [6.07, 6.45) is 2.33. The van der Waals surface area contributed by atoms with Crippen molar-refractivity contribution in [2.24, 2.45) is 0 Å². The van der Waals surface area contributed by atoms with E-state index in [0.717, 1.165) is 31.0 Å². The van der Waals surface area contributed by atoms with Crippen LogP contribution in [0.2, 0.25) is 5.02 Å². The van der Waals surface area contributed by atoms with Crippen molar-refractivity contribution < 1.29 is 9.90 Å². The summed E-state index contributed by atoms with van der Waals surface area (Å²) in [5.41, 5.74) is 0. The van der Waals surface area contributed by atoms with Gasteiger partial charge in [0.2, 0.25) is 0 Å². The van der Waals surface area contributed by atoms with Gasteiger partial charge >= 0.3 is 5.97 Å². The third-order valence-electron chi connectivity index (χ3n) is 2.89. The van der Waals surface area contributed by atoms with Gasteiger partial charge < -0.3 is 5.11 Å². The highest BCUT2D eigenvalue weighted by Crippen LogP contribution is 2.26. The van der Waals surface area contributed by atoms with Crippen molar-refractivity contribution >= 4 is 28.9 Å².